The SMILES string of the molecule is O=C(Cc1cccc(O)c1)c1ccc(Cl)cn1. The second kappa shape index (κ2) is 4.97. The van der Waals surface area contributed by atoms with Gasteiger partial charge in [-0.25, -0.2) is 0 Å². The number of phenols is 1. The number of carbonyl (C=O) groups is 1. The van der Waals surface area contributed by atoms with E-state index in [0.717, 1.165) is 5.56 Å². The van der Waals surface area contributed by atoms with Crippen LogP contribution in [-0.2, 0) is 6.42 Å². The number of pyridine rings is 1. The van der Waals surface area contributed by atoms with Crippen molar-refractivity contribution < 1.29 is 9.90 Å². The fraction of sp³-hybridized carbons (Fsp3) is 0.0769. The van der Waals surface area contributed by atoms with Crippen LogP contribution in [0.25, 0.3) is 0 Å². The van der Waals surface area contributed by atoms with E-state index in [2.05, 4.69) is 4.98 Å². The molecule has 0 saturated heterocycles. The Morgan fingerprint density at radius 1 is 1.29 bits per heavy atom. The molecule has 2 aromatic rings. The van der Waals surface area contributed by atoms with Crippen LogP contribution in [0.4, 0.5) is 0 Å². The Balaban J connectivity index is 2.14. The first-order valence-electron chi connectivity index (χ1n) is 5.08. The Morgan fingerprint density at radius 2 is 2.12 bits per heavy atom. The van der Waals surface area contributed by atoms with Gasteiger partial charge in [-0.3, -0.25) is 9.78 Å². The van der Waals surface area contributed by atoms with E-state index in [9.17, 15) is 9.90 Å². The van der Waals surface area contributed by atoms with Crippen molar-refractivity contribution in [2.24, 2.45) is 0 Å². The third kappa shape index (κ3) is 3.04. The molecule has 0 bridgehead atoms. The Hall–Kier alpha value is -1.87. The molecule has 1 N–H and O–H groups in total. The minimum absolute atomic E-state index is 0.104. The normalized spacial score (nSPS) is 10.2. The van der Waals surface area contributed by atoms with E-state index in [1.807, 2.05) is 0 Å². The monoisotopic (exact) mass is 247 g/mol. The van der Waals surface area contributed by atoms with Gasteiger partial charge in [0.25, 0.3) is 0 Å². The van der Waals surface area contributed by atoms with Crippen LogP contribution in [-0.4, -0.2) is 15.9 Å². The number of rotatable bonds is 3. The zero-order chi connectivity index (χ0) is 12.3. The van der Waals surface area contributed by atoms with Gasteiger partial charge in [0.15, 0.2) is 5.78 Å². The lowest BCUT2D eigenvalue weighted by atomic mass is 10.1. The van der Waals surface area contributed by atoms with E-state index in [-0.39, 0.29) is 18.0 Å². The lowest BCUT2D eigenvalue weighted by Gasteiger charge is -2.01. The average molecular weight is 248 g/mol. The molecular weight excluding hydrogens is 238 g/mol. The van der Waals surface area contributed by atoms with Gasteiger partial charge in [0, 0.05) is 12.6 Å². The summed E-state index contributed by atoms with van der Waals surface area (Å²) in [6, 6.07) is 9.83. The van der Waals surface area contributed by atoms with Crippen LogP contribution in [0.3, 0.4) is 0 Å². The summed E-state index contributed by atoms with van der Waals surface area (Å²) in [5.41, 5.74) is 1.13. The summed E-state index contributed by atoms with van der Waals surface area (Å²) in [5.74, 6) is 0.0478. The lowest BCUT2D eigenvalue weighted by Crippen LogP contribution is -2.05. The number of halogens is 1. The highest BCUT2D eigenvalue weighted by Gasteiger charge is 2.08. The van der Waals surface area contributed by atoms with Crippen molar-refractivity contribution in [3.63, 3.8) is 0 Å². The smallest absolute Gasteiger partial charge is 0.185 e. The van der Waals surface area contributed by atoms with Gasteiger partial charge < -0.3 is 5.11 Å². The van der Waals surface area contributed by atoms with E-state index in [0.29, 0.717) is 10.7 Å². The summed E-state index contributed by atoms with van der Waals surface area (Å²) in [4.78, 5) is 15.8. The highest BCUT2D eigenvalue weighted by atomic mass is 35.5. The van der Waals surface area contributed by atoms with Crippen molar-refractivity contribution in [2.75, 3.05) is 0 Å². The minimum Gasteiger partial charge on any atom is -0.508 e. The number of aromatic hydroxyl groups is 1. The topological polar surface area (TPSA) is 50.2 Å². The lowest BCUT2D eigenvalue weighted by molar-refractivity contribution is 0.0988. The molecule has 17 heavy (non-hydrogen) atoms. The Labute approximate surface area is 104 Å². The number of Topliss-reactive ketones (excluding diaryl/α,β-unsaturated/α-hetero) is 1. The van der Waals surface area contributed by atoms with Gasteiger partial charge in [-0.05, 0) is 29.8 Å². The molecule has 0 aliphatic heterocycles. The molecule has 1 aromatic carbocycles. The number of phenolic OH excluding ortho intramolecular Hbond substituents is 1. The number of hydrogen-bond acceptors (Lipinski definition) is 3. The highest BCUT2D eigenvalue weighted by molar-refractivity contribution is 6.30. The van der Waals surface area contributed by atoms with Crippen LogP contribution in [0.15, 0.2) is 42.6 Å². The molecule has 0 atom stereocenters. The van der Waals surface area contributed by atoms with E-state index in [1.165, 1.54) is 6.20 Å². The van der Waals surface area contributed by atoms with Crippen molar-refractivity contribution in [2.45, 2.75) is 6.42 Å². The number of carbonyl (C=O) groups excluding carboxylic acids is 1. The van der Waals surface area contributed by atoms with E-state index in [1.54, 1.807) is 36.4 Å². The van der Waals surface area contributed by atoms with E-state index >= 15 is 0 Å². The third-order valence-electron chi connectivity index (χ3n) is 2.29. The molecule has 1 heterocycles. The van der Waals surface area contributed by atoms with Crippen LogP contribution in [0.2, 0.25) is 5.02 Å². The molecule has 0 aliphatic rings. The summed E-state index contributed by atoms with van der Waals surface area (Å²) >= 11 is 5.69. The molecule has 0 aliphatic carbocycles. The molecule has 1 aromatic heterocycles. The first-order valence-corrected chi connectivity index (χ1v) is 5.45. The molecule has 3 nitrogen and oxygen atoms in total. The van der Waals surface area contributed by atoms with Gasteiger partial charge in [0.05, 0.1) is 5.02 Å². The summed E-state index contributed by atoms with van der Waals surface area (Å²) < 4.78 is 0. The van der Waals surface area contributed by atoms with Gasteiger partial charge in [-0.2, -0.15) is 0 Å². The van der Waals surface area contributed by atoms with Crippen LogP contribution >= 0.6 is 11.6 Å². The number of benzene rings is 1. The summed E-state index contributed by atoms with van der Waals surface area (Å²) in [7, 11) is 0. The molecular formula is C13H10ClNO2. The second-order valence-corrected chi connectivity index (χ2v) is 4.07. The highest BCUT2D eigenvalue weighted by Crippen LogP contribution is 2.13. The molecule has 86 valence electrons. The van der Waals surface area contributed by atoms with Crippen LogP contribution in [0, 0.1) is 0 Å². The number of hydrogen-bond donors (Lipinski definition) is 1. The van der Waals surface area contributed by atoms with Gasteiger partial charge >= 0.3 is 0 Å². The zero-order valence-corrected chi connectivity index (χ0v) is 9.69. The van der Waals surface area contributed by atoms with Crippen molar-refractivity contribution in [3.8, 4) is 5.75 Å². The second-order valence-electron chi connectivity index (χ2n) is 3.63. The first-order chi connectivity index (χ1) is 8.15. The summed E-state index contributed by atoms with van der Waals surface area (Å²) in [6.07, 6.45) is 1.65. The third-order valence-corrected chi connectivity index (χ3v) is 2.51. The fourth-order valence-electron chi connectivity index (χ4n) is 1.48. The van der Waals surface area contributed by atoms with Crippen molar-refractivity contribution in [1.82, 2.24) is 4.98 Å². The minimum atomic E-state index is -0.104. The van der Waals surface area contributed by atoms with Crippen LogP contribution in [0.1, 0.15) is 16.1 Å². The molecule has 4 heteroatoms. The molecule has 0 unspecified atom stereocenters. The largest absolute Gasteiger partial charge is 0.508 e. The maximum Gasteiger partial charge on any atom is 0.185 e. The number of ketones is 1. The maximum atomic E-state index is 11.8. The van der Waals surface area contributed by atoms with Gasteiger partial charge in [0.1, 0.15) is 11.4 Å². The standard InChI is InChI=1S/C13H10ClNO2/c14-10-4-5-12(15-8-10)13(17)7-9-2-1-3-11(16)6-9/h1-6,8,16H,7H2. The number of nitrogens with zero attached hydrogens (tertiary/aromatic N) is 1. The maximum absolute atomic E-state index is 11.8. The van der Waals surface area contributed by atoms with Crippen LogP contribution < -0.4 is 0 Å². The molecule has 0 amide bonds. The molecule has 0 saturated carbocycles. The van der Waals surface area contributed by atoms with Crippen molar-refractivity contribution in [3.05, 3.63) is 58.9 Å². The average Bonchev–Trinajstić information content (AvgIpc) is 2.29. The van der Waals surface area contributed by atoms with Crippen molar-refractivity contribution >= 4 is 17.4 Å². The zero-order valence-electron chi connectivity index (χ0n) is 8.93. The van der Waals surface area contributed by atoms with Gasteiger partial charge in [0.2, 0.25) is 0 Å². The molecule has 2 rings (SSSR count). The Kier molecular flexibility index (Phi) is 3.40. The Morgan fingerprint density at radius 3 is 2.76 bits per heavy atom. The van der Waals surface area contributed by atoms with Gasteiger partial charge in [-0.1, -0.05) is 23.7 Å². The van der Waals surface area contributed by atoms with E-state index in [4.69, 9.17) is 11.6 Å². The van der Waals surface area contributed by atoms with Gasteiger partial charge in [-0.15, -0.1) is 0 Å². The Bertz CT molecular complexity index is 537. The van der Waals surface area contributed by atoms with E-state index < -0.39 is 0 Å². The molecule has 0 fully saturated rings. The number of aromatic nitrogens is 1. The first kappa shape index (κ1) is 11.6. The predicted molar refractivity (Wildman–Crippen MR) is 65.4 cm³/mol. The quantitative estimate of drug-likeness (QED) is 0.849. The molecule has 0 spiro atoms. The summed E-state index contributed by atoms with van der Waals surface area (Å²) in [6.45, 7) is 0. The van der Waals surface area contributed by atoms with Crippen LogP contribution in [0.5, 0.6) is 5.75 Å². The fourth-order valence-corrected chi connectivity index (χ4v) is 1.59. The molecule has 0 radical (unpaired) electrons. The van der Waals surface area contributed by atoms with Crippen molar-refractivity contribution in [1.29, 1.82) is 0 Å². The predicted octanol–water partition coefficient (Wildman–Crippen LogP) is 2.87. The summed E-state index contributed by atoms with van der Waals surface area (Å²) in [5, 5.41) is 9.79.